The van der Waals surface area contributed by atoms with Crippen LogP contribution in [-0.4, -0.2) is 4.98 Å². The van der Waals surface area contributed by atoms with Crippen LogP contribution in [0.2, 0.25) is 0 Å². The van der Waals surface area contributed by atoms with Crippen LogP contribution in [0.1, 0.15) is 19.2 Å². The van der Waals surface area contributed by atoms with E-state index in [2.05, 4.69) is 16.9 Å². The molecule has 0 saturated heterocycles. The van der Waals surface area contributed by atoms with E-state index < -0.39 is 0 Å². The Labute approximate surface area is 49.0 Å². The van der Waals surface area contributed by atoms with E-state index in [0.717, 1.165) is 6.42 Å². The van der Waals surface area contributed by atoms with Gasteiger partial charge in [-0.2, -0.15) is 0 Å². The summed E-state index contributed by atoms with van der Waals surface area (Å²) >= 11 is 0. The van der Waals surface area contributed by atoms with Gasteiger partial charge in [0.2, 0.25) is 0 Å². The van der Waals surface area contributed by atoms with Crippen LogP contribution in [0.15, 0.2) is 12.4 Å². The number of H-pyrrole nitrogens is 2. The van der Waals surface area contributed by atoms with Crippen molar-refractivity contribution in [2.75, 3.05) is 0 Å². The highest BCUT2D eigenvalue weighted by Gasteiger charge is 1.95. The molecule has 0 aromatic carbocycles. The van der Waals surface area contributed by atoms with Crippen LogP contribution in [0.3, 0.4) is 0 Å². The van der Waals surface area contributed by atoms with Crippen LogP contribution in [0, 0.1) is 0 Å². The third-order valence-corrected chi connectivity index (χ3v) is 1.10. The molecule has 2 nitrogen and oxygen atoms in total. The zero-order valence-corrected chi connectivity index (χ0v) is 5.07. The Bertz CT molecular complexity index is 132. The summed E-state index contributed by atoms with van der Waals surface area (Å²) in [5, 5.41) is 0. The lowest BCUT2D eigenvalue weighted by Crippen LogP contribution is -2.04. The molecule has 0 spiro atoms. The van der Waals surface area contributed by atoms with E-state index in [1.54, 1.807) is 0 Å². The summed E-state index contributed by atoms with van der Waals surface area (Å²) in [6.07, 6.45) is 6.12. The molecule has 8 heavy (non-hydrogen) atoms. The first kappa shape index (κ1) is 5.35. The Morgan fingerprint density at radius 2 is 2.62 bits per heavy atom. The quantitative estimate of drug-likeness (QED) is 0.584. The maximum atomic E-state index is 3.08. The summed E-state index contributed by atoms with van der Waals surface area (Å²) in [5.41, 5.74) is 0. The van der Waals surface area contributed by atoms with Gasteiger partial charge in [0, 0.05) is 6.42 Å². The first-order valence-corrected chi connectivity index (χ1v) is 2.97. The molecule has 0 saturated carbocycles. The lowest BCUT2D eigenvalue weighted by molar-refractivity contribution is -0.388. The van der Waals surface area contributed by atoms with Gasteiger partial charge in [-0.05, 0) is 6.42 Å². The van der Waals surface area contributed by atoms with Gasteiger partial charge >= 0.3 is 0 Å². The first-order valence-electron chi connectivity index (χ1n) is 2.97. The SMILES string of the molecule is CCCc1[nH]cc[nH+]1. The number of rotatable bonds is 2. The van der Waals surface area contributed by atoms with Gasteiger partial charge in [0.1, 0.15) is 12.4 Å². The molecule has 1 heterocycles. The summed E-state index contributed by atoms with van der Waals surface area (Å²) < 4.78 is 0. The fourth-order valence-corrected chi connectivity index (χ4v) is 0.721. The minimum atomic E-state index is 1.12. The van der Waals surface area contributed by atoms with Gasteiger partial charge in [-0.1, -0.05) is 6.92 Å². The number of imidazole rings is 1. The molecule has 0 radical (unpaired) electrons. The topological polar surface area (TPSA) is 29.9 Å². The normalized spacial score (nSPS) is 9.62. The lowest BCUT2D eigenvalue weighted by Gasteiger charge is -1.79. The van der Waals surface area contributed by atoms with Crippen LogP contribution < -0.4 is 4.98 Å². The fourth-order valence-electron chi connectivity index (χ4n) is 0.721. The third-order valence-electron chi connectivity index (χ3n) is 1.10. The van der Waals surface area contributed by atoms with E-state index in [4.69, 9.17) is 0 Å². The standard InChI is InChI=1S/C6H10N2/c1-2-3-6-7-4-5-8-6/h4-5H,2-3H2,1H3,(H,7,8)/p+1. The minimum Gasteiger partial charge on any atom is -0.248 e. The Kier molecular flexibility index (Phi) is 1.67. The summed E-state index contributed by atoms with van der Waals surface area (Å²) in [5.74, 6) is 1.22. The van der Waals surface area contributed by atoms with Crippen molar-refractivity contribution in [2.45, 2.75) is 19.8 Å². The predicted octanol–water partition coefficient (Wildman–Crippen LogP) is 0.781. The molecule has 0 amide bonds. The van der Waals surface area contributed by atoms with Crippen LogP contribution in [0.25, 0.3) is 0 Å². The van der Waals surface area contributed by atoms with E-state index in [-0.39, 0.29) is 0 Å². The molecule has 0 aliphatic carbocycles. The van der Waals surface area contributed by atoms with Crippen molar-refractivity contribution in [1.82, 2.24) is 4.98 Å². The highest BCUT2D eigenvalue weighted by atomic mass is 14.9. The van der Waals surface area contributed by atoms with Gasteiger partial charge in [-0.25, -0.2) is 9.97 Å². The average molecular weight is 111 g/mol. The monoisotopic (exact) mass is 111 g/mol. The van der Waals surface area contributed by atoms with E-state index in [1.807, 2.05) is 12.4 Å². The van der Waals surface area contributed by atoms with Crippen LogP contribution in [0.4, 0.5) is 0 Å². The molecule has 0 fully saturated rings. The molecule has 1 rings (SSSR count). The van der Waals surface area contributed by atoms with Gasteiger partial charge in [0.15, 0.2) is 0 Å². The Morgan fingerprint density at radius 3 is 3.12 bits per heavy atom. The van der Waals surface area contributed by atoms with E-state index in [9.17, 15) is 0 Å². The van der Waals surface area contributed by atoms with Crippen LogP contribution in [0.5, 0.6) is 0 Å². The number of hydrogen-bond donors (Lipinski definition) is 1. The summed E-state index contributed by atoms with van der Waals surface area (Å²) in [6, 6.07) is 0. The zero-order valence-electron chi connectivity index (χ0n) is 5.07. The molecule has 0 aliphatic heterocycles. The Balaban J connectivity index is 2.50. The van der Waals surface area contributed by atoms with Crippen molar-refractivity contribution in [3.8, 4) is 0 Å². The molecule has 2 heteroatoms. The maximum Gasteiger partial charge on any atom is 0.251 e. The van der Waals surface area contributed by atoms with E-state index in [0.29, 0.717) is 0 Å². The van der Waals surface area contributed by atoms with Crippen molar-refractivity contribution in [1.29, 1.82) is 0 Å². The van der Waals surface area contributed by atoms with Crippen molar-refractivity contribution < 1.29 is 4.98 Å². The van der Waals surface area contributed by atoms with Gasteiger partial charge in [-0.15, -0.1) is 0 Å². The molecule has 0 aliphatic rings. The van der Waals surface area contributed by atoms with Gasteiger partial charge in [-0.3, -0.25) is 0 Å². The fraction of sp³-hybridized carbons (Fsp3) is 0.500. The second-order valence-corrected chi connectivity index (χ2v) is 1.85. The second kappa shape index (κ2) is 2.50. The van der Waals surface area contributed by atoms with Gasteiger partial charge in [0.05, 0.1) is 0 Å². The zero-order chi connectivity index (χ0) is 5.82. The molecular weight excluding hydrogens is 100 g/mol. The highest BCUT2D eigenvalue weighted by Crippen LogP contribution is 1.87. The number of nitrogens with one attached hydrogen (secondary N) is 2. The average Bonchev–Trinajstić information content (AvgIpc) is 2.19. The smallest absolute Gasteiger partial charge is 0.248 e. The summed E-state index contributed by atoms with van der Waals surface area (Å²) in [6.45, 7) is 2.16. The second-order valence-electron chi connectivity index (χ2n) is 1.85. The van der Waals surface area contributed by atoms with Crippen LogP contribution >= 0.6 is 0 Å². The lowest BCUT2D eigenvalue weighted by atomic mass is 10.3. The molecule has 0 bridgehead atoms. The molecular formula is C6H11N2+. The number of aromatic amines is 2. The summed E-state index contributed by atoms with van der Waals surface area (Å²) in [7, 11) is 0. The maximum absolute atomic E-state index is 3.08. The van der Waals surface area contributed by atoms with E-state index >= 15 is 0 Å². The van der Waals surface area contributed by atoms with Gasteiger partial charge in [0.25, 0.3) is 5.82 Å². The first-order chi connectivity index (χ1) is 3.93. The van der Waals surface area contributed by atoms with E-state index in [1.165, 1.54) is 12.2 Å². The number of hydrogen-bond acceptors (Lipinski definition) is 0. The summed E-state index contributed by atoms with van der Waals surface area (Å²) in [4.78, 5) is 6.16. The Hall–Kier alpha value is -0.790. The van der Waals surface area contributed by atoms with Crippen molar-refractivity contribution in [3.05, 3.63) is 18.2 Å². The molecule has 0 unspecified atom stereocenters. The van der Waals surface area contributed by atoms with Crippen molar-refractivity contribution in [2.24, 2.45) is 0 Å². The number of aryl methyl sites for hydroxylation is 1. The van der Waals surface area contributed by atoms with Gasteiger partial charge < -0.3 is 0 Å². The van der Waals surface area contributed by atoms with Crippen molar-refractivity contribution in [3.63, 3.8) is 0 Å². The van der Waals surface area contributed by atoms with Crippen molar-refractivity contribution >= 4 is 0 Å². The minimum absolute atomic E-state index is 1.12. The molecule has 0 atom stereocenters. The molecule has 44 valence electrons. The number of aromatic nitrogens is 2. The largest absolute Gasteiger partial charge is 0.251 e. The molecule has 1 aromatic heterocycles. The Morgan fingerprint density at radius 1 is 1.75 bits per heavy atom. The highest BCUT2D eigenvalue weighted by molar-refractivity contribution is 4.74. The molecule has 2 N–H and O–H groups in total. The van der Waals surface area contributed by atoms with Crippen LogP contribution in [-0.2, 0) is 6.42 Å². The predicted molar refractivity (Wildman–Crippen MR) is 31.3 cm³/mol. The third kappa shape index (κ3) is 1.09. The molecule has 1 aromatic rings.